The summed E-state index contributed by atoms with van der Waals surface area (Å²) in [6.45, 7) is 4.20. The number of hydrogen-bond donors (Lipinski definition) is 1. The fourth-order valence-electron chi connectivity index (χ4n) is 1.63. The van der Waals surface area contributed by atoms with Crippen molar-refractivity contribution in [3.63, 3.8) is 0 Å². The summed E-state index contributed by atoms with van der Waals surface area (Å²) in [4.78, 5) is 0. The van der Waals surface area contributed by atoms with Gasteiger partial charge in [-0.1, -0.05) is 6.07 Å². The van der Waals surface area contributed by atoms with Crippen LogP contribution in [0.5, 0.6) is 0 Å². The molecule has 0 saturated heterocycles. The molecule has 0 aliphatic carbocycles. The molecular weight excluding hydrogens is 242 g/mol. The fourth-order valence-corrected chi connectivity index (χ4v) is 1.63. The second kappa shape index (κ2) is 7.41. The number of aliphatic hydroxyl groups is 1. The van der Waals surface area contributed by atoms with Crippen LogP contribution < -0.4 is 0 Å². The maximum atomic E-state index is 13.4. The number of halogens is 2. The Balaban J connectivity index is 2.75. The molecule has 0 heterocycles. The highest BCUT2D eigenvalue weighted by Crippen LogP contribution is 2.16. The van der Waals surface area contributed by atoms with Crippen molar-refractivity contribution in [3.8, 4) is 0 Å². The van der Waals surface area contributed by atoms with Gasteiger partial charge in [0.1, 0.15) is 17.7 Å². The molecule has 1 N–H and O–H groups in total. The van der Waals surface area contributed by atoms with Crippen molar-refractivity contribution in [3.05, 3.63) is 35.4 Å². The van der Waals surface area contributed by atoms with Crippen LogP contribution in [0.2, 0.25) is 0 Å². The van der Waals surface area contributed by atoms with Crippen LogP contribution in [0.1, 0.15) is 19.4 Å². The average Bonchev–Trinajstić information content (AvgIpc) is 2.33. The number of rotatable bonds is 7. The molecule has 0 amide bonds. The summed E-state index contributed by atoms with van der Waals surface area (Å²) in [5, 5.41) is 9.89. The zero-order chi connectivity index (χ0) is 13.5. The van der Waals surface area contributed by atoms with Crippen molar-refractivity contribution >= 4 is 0 Å². The van der Waals surface area contributed by atoms with Gasteiger partial charge in [0, 0.05) is 25.2 Å². The van der Waals surface area contributed by atoms with Crippen LogP contribution in [-0.4, -0.2) is 30.7 Å². The molecule has 0 bridgehead atoms. The van der Waals surface area contributed by atoms with Crippen molar-refractivity contribution in [2.75, 3.05) is 13.2 Å². The van der Waals surface area contributed by atoms with E-state index in [4.69, 9.17) is 9.47 Å². The fraction of sp³-hybridized carbons (Fsp3) is 0.538. The molecule has 3 nitrogen and oxygen atoms in total. The van der Waals surface area contributed by atoms with E-state index in [9.17, 15) is 13.9 Å². The van der Waals surface area contributed by atoms with Crippen molar-refractivity contribution in [1.82, 2.24) is 0 Å². The predicted molar refractivity (Wildman–Crippen MR) is 63.1 cm³/mol. The zero-order valence-corrected chi connectivity index (χ0v) is 10.5. The van der Waals surface area contributed by atoms with Crippen LogP contribution >= 0.6 is 0 Å². The summed E-state index contributed by atoms with van der Waals surface area (Å²) < 4.78 is 37.2. The Kier molecular flexibility index (Phi) is 6.18. The van der Waals surface area contributed by atoms with Crippen LogP contribution in [0, 0.1) is 11.6 Å². The normalized spacial score (nSPS) is 13.0. The van der Waals surface area contributed by atoms with E-state index < -0.39 is 24.0 Å². The molecule has 0 aromatic heterocycles. The van der Waals surface area contributed by atoms with Gasteiger partial charge in [-0.2, -0.15) is 0 Å². The predicted octanol–water partition coefficient (Wildman–Crippen LogP) is 2.27. The van der Waals surface area contributed by atoms with E-state index in [1.54, 1.807) is 13.8 Å². The Morgan fingerprint density at radius 3 is 2.06 bits per heavy atom. The first-order valence-electron chi connectivity index (χ1n) is 5.94. The monoisotopic (exact) mass is 260 g/mol. The SMILES string of the molecule is CCOC(OCC)C(O)Cc1c(F)cccc1F. The summed E-state index contributed by atoms with van der Waals surface area (Å²) in [5.74, 6) is -1.36. The van der Waals surface area contributed by atoms with Crippen molar-refractivity contribution in [1.29, 1.82) is 0 Å². The van der Waals surface area contributed by atoms with E-state index in [2.05, 4.69) is 0 Å². The molecule has 1 atom stereocenters. The van der Waals surface area contributed by atoms with Crippen LogP contribution in [-0.2, 0) is 15.9 Å². The molecule has 0 aliphatic heterocycles. The highest BCUT2D eigenvalue weighted by Gasteiger charge is 2.23. The Bertz CT molecular complexity index is 345. The third-order valence-corrected chi connectivity index (χ3v) is 2.45. The van der Waals surface area contributed by atoms with Crippen molar-refractivity contribution in [2.45, 2.75) is 32.7 Å². The molecule has 1 rings (SSSR count). The first-order valence-corrected chi connectivity index (χ1v) is 5.94. The summed E-state index contributed by atoms with van der Waals surface area (Å²) in [5.41, 5.74) is -0.158. The van der Waals surface area contributed by atoms with Gasteiger partial charge in [0.25, 0.3) is 0 Å². The summed E-state index contributed by atoms with van der Waals surface area (Å²) >= 11 is 0. The van der Waals surface area contributed by atoms with Crippen LogP contribution in [0.4, 0.5) is 8.78 Å². The molecule has 1 unspecified atom stereocenters. The van der Waals surface area contributed by atoms with Crippen LogP contribution in [0.25, 0.3) is 0 Å². The van der Waals surface area contributed by atoms with E-state index in [1.165, 1.54) is 6.07 Å². The van der Waals surface area contributed by atoms with E-state index in [0.717, 1.165) is 12.1 Å². The molecule has 18 heavy (non-hydrogen) atoms. The lowest BCUT2D eigenvalue weighted by Gasteiger charge is -2.22. The number of aliphatic hydroxyl groups excluding tert-OH is 1. The summed E-state index contributed by atoms with van der Waals surface area (Å²) in [7, 11) is 0. The molecule has 0 aliphatic rings. The first kappa shape index (κ1) is 15.0. The number of benzene rings is 1. The van der Waals surface area contributed by atoms with E-state index in [-0.39, 0.29) is 12.0 Å². The Morgan fingerprint density at radius 2 is 1.61 bits per heavy atom. The lowest BCUT2D eigenvalue weighted by atomic mass is 10.1. The number of ether oxygens (including phenoxy) is 2. The Morgan fingerprint density at radius 1 is 1.11 bits per heavy atom. The first-order chi connectivity index (χ1) is 8.60. The molecule has 0 radical (unpaired) electrons. The van der Waals surface area contributed by atoms with Gasteiger partial charge in [0.2, 0.25) is 0 Å². The van der Waals surface area contributed by atoms with E-state index >= 15 is 0 Å². The van der Waals surface area contributed by atoms with Gasteiger partial charge >= 0.3 is 0 Å². The molecule has 1 aromatic rings. The molecule has 0 spiro atoms. The Labute approximate surface area is 105 Å². The highest BCUT2D eigenvalue weighted by atomic mass is 19.1. The lowest BCUT2D eigenvalue weighted by molar-refractivity contribution is -0.189. The van der Waals surface area contributed by atoms with Crippen molar-refractivity contribution < 1.29 is 23.4 Å². The van der Waals surface area contributed by atoms with Gasteiger partial charge in [-0.15, -0.1) is 0 Å². The van der Waals surface area contributed by atoms with Crippen LogP contribution in [0.15, 0.2) is 18.2 Å². The second-order valence-corrected chi connectivity index (χ2v) is 3.75. The van der Waals surface area contributed by atoms with Gasteiger partial charge in [-0.25, -0.2) is 8.78 Å². The molecule has 1 aromatic carbocycles. The molecule has 5 heteroatoms. The van der Waals surface area contributed by atoms with Gasteiger partial charge in [0.05, 0.1) is 0 Å². The van der Waals surface area contributed by atoms with E-state index in [1.807, 2.05) is 0 Å². The third kappa shape index (κ3) is 4.01. The quantitative estimate of drug-likeness (QED) is 0.764. The van der Waals surface area contributed by atoms with Gasteiger partial charge in [0.15, 0.2) is 6.29 Å². The smallest absolute Gasteiger partial charge is 0.183 e. The van der Waals surface area contributed by atoms with Crippen molar-refractivity contribution in [2.24, 2.45) is 0 Å². The van der Waals surface area contributed by atoms with Gasteiger partial charge in [-0.05, 0) is 26.0 Å². The molecule has 0 saturated carbocycles. The Hall–Kier alpha value is -1.04. The largest absolute Gasteiger partial charge is 0.387 e. The zero-order valence-electron chi connectivity index (χ0n) is 10.5. The summed E-state index contributed by atoms with van der Waals surface area (Å²) in [6, 6.07) is 3.59. The van der Waals surface area contributed by atoms with Crippen LogP contribution in [0.3, 0.4) is 0 Å². The topological polar surface area (TPSA) is 38.7 Å². The maximum absolute atomic E-state index is 13.4. The van der Waals surface area contributed by atoms with Gasteiger partial charge in [-0.3, -0.25) is 0 Å². The molecule has 102 valence electrons. The highest BCUT2D eigenvalue weighted by molar-refractivity contribution is 5.20. The van der Waals surface area contributed by atoms with E-state index in [0.29, 0.717) is 13.2 Å². The minimum atomic E-state index is -1.11. The maximum Gasteiger partial charge on any atom is 0.183 e. The average molecular weight is 260 g/mol. The minimum Gasteiger partial charge on any atom is -0.387 e. The second-order valence-electron chi connectivity index (χ2n) is 3.75. The number of hydrogen-bond acceptors (Lipinski definition) is 3. The lowest BCUT2D eigenvalue weighted by Crippen LogP contribution is -2.34. The molecule has 0 fully saturated rings. The summed E-state index contributed by atoms with van der Waals surface area (Å²) in [6.07, 6.45) is -2.18. The molecular formula is C13H18F2O3. The third-order valence-electron chi connectivity index (χ3n) is 2.45. The minimum absolute atomic E-state index is 0.158. The standard InChI is InChI=1S/C13H18F2O3/c1-3-17-13(18-4-2)12(16)8-9-10(14)6-5-7-11(9)15/h5-7,12-13,16H,3-4,8H2,1-2H3. The van der Waals surface area contributed by atoms with Gasteiger partial charge < -0.3 is 14.6 Å².